The van der Waals surface area contributed by atoms with E-state index in [9.17, 15) is 9.59 Å². The number of halogens is 2. The average Bonchev–Trinajstić information content (AvgIpc) is 2.59. The van der Waals surface area contributed by atoms with Gasteiger partial charge in [0.25, 0.3) is 0 Å². The molecule has 2 aliphatic rings. The van der Waals surface area contributed by atoms with Gasteiger partial charge in [0.1, 0.15) is 17.1 Å². The van der Waals surface area contributed by atoms with Gasteiger partial charge in [-0.2, -0.15) is 0 Å². The quantitative estimate of drug-likeness (QED) is 0.655. The zero-order valence-corrected chi connectivity index (χ0v) is 17.4. The predicted octanol–water partition coefficient (Wildman–Crippen LogP) is 3.68. The third-order valence-corrected chi connectivity index (χ3v) is 5.49. The van der Waals surface area contributed by atoms with E-state index in [1.165, 1.54) is 14.2 Å². The van der Waals surface area contributed by atoms with Crippen LogP contribution in [0.25, 0.3) is 0 Å². The van der Waals surface area contributed by atoms with Crippen LogP contribution in [0.1, 0.15) is 30.7 Å². The molecule has 1 aliphatic carbocycles. The van der Waals surface area contributed by atoms with Crippen molar-refractivity contribution in [2.24, 2.45) is 5.73 Å². The Hall–Kier alpha value is -1.80. The Labute approximate surface area is 167 Å². The molecule has 6 nitrogen and oxygen atoms in total. The molecule has 0 fully saturated rings. The number of carbonyl (C=O) groups excluding carboxylic acids is 2. The molecule has 1 aliphatic heterocycles. The second-order valence-electron chi connectivity index (χ2n) is 5.93. The molecule has 1 aromatic carbocycles. The fourth-order valence-electron chi connectivity index (χ4n) is 3.39. The molecule has 0 radical (unpaired) electrons. The summed E-state index contributed by atoms with van der Waals surface area (Å²) in [6.07, 6.45) is 1.67. The molecule has 0 aromatic heterocycles. The second-order valence-corrected chi connectivity index (χ2v) is 7.70. The lowest BCUT2D eigenvalue weighted by Crippen LogP contribution is -2.31. The van der Waals surface area contributed by atoms with Crippen molar-refractivity contribution in [3.63, 3.8) is 0 Å². The third-order valence-electron chi connectivity index (χ3n) is 4.44. The molecule has 8 heteroatoms. The van der Waals surface area contributed by atoms with Crippen molar-refractivity contribution in [1.29, 1.82) is 0 Å². The fourth-order valence-corrected chi connectivity index (χ4v) is 4.81. The smallest absolute Gasteiger partial charge is 0.340 e. The van der Waals surface area contributed by atoms with Crippen molar-refractivity contribution in [2.75, 3.05) is 14.2 Å². The molecule has 1 heterocycles. The van der Waals surface area contributed by atoms with Crippen molar-refractivity contribution in [2.45, 2.75) is 25.2 Å². The summed E-state index contributed by atoms with van der Waals surface area (Å²) in [5.41, 5.74) is 7.22. The zero-order chi connectivity index (χ0) is 19.0. The zero-order valence-electron chi connectivity index (χ0n) is 14.2. The monoisotopic (exact) mass is 485 g/mol. The maximum absolute atomic E-state index is 12.7. The van der Waals surface area contributed by atoms with E-state index >= 15 is 0 Å². The van der Waals surface area contributed by atoms with Gasteiger partial charge in [0.15, 0.2) is 5.78 Å². The van der Waals surface area contributed by atoms with Gasteiger partial charge in [-0.15, -0.1) is 0 Å². The van der Waals surface area contributed by atoms with E-state index in [0.29, 0.717) is 46.4 Å². The van der Waals surface area contributed by atoms with E-state index in [-0.39, 0.29) is 17.2 Å². The first-order valence-corrected chi connectivity index (χ1v) is 9.52. The minimum Gasteiger partial charge on any atom is -0.495 e. The molecular weight excluding hydrogens is 470 g/mol. The highest BCUT2D eigenvalue weighted by molar-refractivity contribution is 9.11. The maximum Gasteiger partial charge on any atom is 0.340 e. The number of nitrogens with two attached hydrogens (primary N) is 1. The number of carbonyl (C=O) groups is 2. The Bertz CT molecular complexity index is 859. The summed E-state index contributed by atoms with van der Waals surface area (Å²) < 4.78 is 17.5. The Balaban J connectivity index is 2.31. The Kier molecular flexibility index (Phi) is 5.43. The Morgan fingerprint density at radius 3 is 2.65 bits per heavy atom. The number of Topliss-reactive ketones (excluding diaryl/α,β-unsaturated/α-hetero) is 1. The topological polar surface area (TPSA) is 87.9 Å². The number of hydrogen-bond donors (Lipinski definition) is 1. The summed E-state index contributed by atoms with van der Waals surface area (Å²) in [6.45, 7) is 0. The van der Waals surface area contributed by atoms with Gasteiger partial charge in [-0.1, -0.05) is 15.9 Å². The van der Waals surface area contributed by atoms with Gasteiger partial charge >= 0.3 is 5.97 Å². The van der Waals surface area contributed by atoms with Gasteiger partial charge in [-0.3, -0.25) is 4.79 Å². The van der Waals surface area contributed by atoms with Gasteiger partial charge in [0, 0.05) is 28.5 Å². The molecular formula is C18H17Br2NO5. The predicted molar refractivity (Wildman–Crippen MR) is 101 cm³/mol. The van der Waals surface area contributed by atoms with Crippen molar-refractivity contribution >= 4 is 43.6 Å². The number of ketones is 1. The molecule has 26 heavy (non-hydrogen) atoms. The Morgan fingerprint density at radius 1 is 1.27 bits per heavy atom. The average molecular weight is 487 g/mol. The molecule has 1 aromatic rings. The summed E-state index contributed by atoms with van der Waals surface area (Å²) in [5, 5.41) is 0. The second kappa shape index (κ2) is 7.44. The number of allylic oxidation sites excluding steroid dienone is 2. The lowest BCUT2D eigenvalue weighted by atomic mass is 9.77. The first-order chi connectivity index (χ1) is 12.4. The molecule has 2 N–H and O–H groups in total. The van der Waals surface area contributed by atoms with Crippen LogP contribution in [0.15, 0.2) is 43.9 Å². The minimum absolute atomic E-state index is 0.0477. The number of esters is 1. The van der Waals surface area contributed by atoms with Crippen LogP contribution in [0.3, 0.4) is 0 Å². The number of ether oxygens (including phenoxy) is 3. The molecule has 138 valence electrons. The van der Waals surface area contributed by atoms with Crippen LogP contribution in [-0.4, -0.2) is 26.0 Å². The summed E-state index contributed by atoms with van der Waals surface area (Å²) in [6, 6.07) is 3.63. The highest BCUT2D eigenvalue weighted by Gasteiger charge is 2.42. The summed E-state index contributed by atoms with van der Waals surface area (Å²) in [4.78, 5) is 25.2. The van der Waals surface area contributed by atoms with E-state index in [1.807, 2.05) is 12.1 Å². The third kappa shape index (κ3) is 3.16. The van der Waals surface area contributed by atoms with E-state index in [2.05, 4.69) is 31.9 Å². The van der Waals surface area contributed by atoms with E-state index in [4.69, 9.17) is 19.9 Å². The molecule has 0 amide bonds. The van der Waals surface area contributed by atoms with Crippen LogP contribution in [0.2, 0.25) is 0 Å². The largest absolute Gasteiger partial charge is 0.495 e. The molecule has 0 bridgehead atoms. The van der Waals surface area contributed by atoms with Gasteiger partial charge in [-0.25, -0.2) is 4.79 Å². The maximum atomic E-state index is 12.7. The number of benzene rings is 1. The summed E-state index contributed by atoms with van der Waals surface area (Å²) in [7, 11) is 2.79. The number of methoxy groups -OCH3 is 2. The molecule has 1 atom stereocenters. The van der Waals surface area contributed by atoms with Gasteiger partial charge < -0.3 is 19.9 Å². The number of rotatable bonds is 3. The lowest BCUT2D eigenvalue weighted by Gasteiger charge is -2.33. The van der Waals surface area contributed by atoms with Gasteiger partial charge in [-0.05, 0) is 34.5 Å². The first kappa shape index (κ1) is 19.0. The van der Waals surface area contributed by atoms with Gasteiger partial charge in [0.05, 0.1) is 24.6 Å². The van der Waals surface area contributed by atoms with E-state index < -0.39 is 11.9 Å². The van der Waals surface area contributed by atoms with Crippen molar-refractivity contribution in [3.8, 4) is 5.75 Å². The van der Waals surface area contributed by atoms with Crippen LogP contribution < -0.4 is 10.5 Å². The molecule has 0 saturated heterocycles. The summed E-state index contributed by atoms with van der Waals surface area (Å²) >= 11 is 6.92. The molecule has 3 rings (SSSR count). The highest BCUT2D eigenvalue weighted by atomic mass is 79.9. The molecule has 0 unspecified atom stereocenters. The van der Waals surface area contributed by atoms with Crippen molar-refractivity contribution in [3.05, 3.63) is 49.4 Å². The first-order valence-electron chi connectivity index (χ1n) is 7.94. The van der Waals surface area contributed by atoms with Crippen LogP contribution >= 0.6 is 31.9 Å². The van der Waals surface area contributed by atoms with Crippen LogP contribution in [0.4, 0.5) is 0 Å². The van der Waals surface area contributed by atoms with E-state index in [0.717, 1.165) is 4.47 Å². The number of hydrogen-bond acceptors (Lipinski definition) is 6. The Morgan fingerprint density at radius 2 is 2.00 bits per heavy atom. The van der Waals surface area contributed by atoms with E-state index in [1.54, 1.807) is 0 Å². The molecule has 0 spiro atoms. The SMILES string of the molecule is COC(=O)C1=C(N)OC2=C(C(=O)CCC2)[C@@H]1c1cc(Br)cc(Br)c1OC. The van der Waals surface area contributed by atoms with Crippen LogP contribution in [0, 0.1) is 0 Å². The standard InChI is InChI=1S/C18H17Br2NO5/c1-24-16-9(6-8(19)7-10(16)20)13-14-11(22)4-3-5-12(14)26-17(21)15(13)18(23)25-2/h6-7,13H,3-5,21H2,1-2H3/t13-/m0/s1. The lowest BCUT2D eigenvalue weighted by molar-refractivity contribution is -0.136. The highest BCUT2D eigenvalue weighted by Crippen LogP contribution is 2.48. The molecule has 0 saturated carbocycles. The summed E-state index contributed by atoms with van der Waals surface area (Å²) in [5.74, 6) is -0.454. The van der Waals surface area contributed by atoms with Crippen molar-refractivity contribution in [1.82, 2.24) is 0 Å². The normalized spacial score (nSPS) is 19.8. The minimum atomic E-state index is -0.720. The van der Waals surface area contributed by atoms with Crippen LogP contribution in [0.5, 0.6) is 5.75 Å². The van der Waals surface area contributed by atoms with Gasteiger partial charge in [0.2, 0.25) is 5.88 Å². The van der Waals surface area contributed by atoms with Crippen LogP contribution in [-0.2, 0) is 19.1 Å². The van der Waals surface area contributed by atoms with Crippen molar-refractivity contribution < 1.29 is 23.8 Å². The fraction of sp³-hybridized carbons (Fsp3) is 0.333.